The Morgan fingerprint density at radius 2 is 1.84 bits per heavy atom. The normalized spacial score (nSPS) is 23.1. The molecule has 0 spiro atoms. The largest absolute Gasteiger partial charge is 0.374 e. The van der Waals surface area contributed by atoms with E-state index in [1.807, 2.05) is 13.8 Å². The number of benzene rings is 1. The number of nitrogens with one attached hydrogen (secondary N) is 1. The monoisotopic (exact) mass is 263 g/mol. The van der Waals surface area contributed by atoms with Crippen molar-refractivity contribution >= 4 is 0 Å². The van der Waals surface area contributed by atoms with Gasteiger partial charge in [0, 0.05) is 12.1 Å². The number of hydrogen-bond donors (Lipinski definition) is 1. The summed E-state index contributed by atoms with van der Waals surface area (Å²) in [5.74, 6) is 0. The predicted octanol–water partition coefficient (Wildman–Crippen LogP) is 4.32. The smallest absolute Gasteiger partial charge is 0.0627 e. The van der Waals surface area contributed by atoms with E-state index < -0.39 is 0 Å². The van der Waals surface area contributed by atoms with Crippen LogP contribution >= 0.6 is 0 Å². The molecule has 2 unspecified atom stereocenters. The van der Waals surface area contributed by atoms with Gasteiger partial charge in [0.1, 0.15) is 0 Å². The Kier molecular flexibility index (Phi) is 6.53. The molecule has 1 heterocycles. The number of hydrogen-bond acceptors (Lipinski definition) is 2. The Labute approximate surface area is 118 Å². The van der Waals surface area contributed by atoms with E-state index in [2.05, 4.69) is 56.4 Å². The Morgan fingerprint density at radius 3 is 2.37 bits per heavy atom. The fourth-order valence-corrected chi connectivity index (χ4v) is 2.33. The van der Waals surface area contributed by atoms with Gasteiger partial charge in [-0.1, -0.05) is 44.2 Å². The zero-order chi connectivity index (χ0) is 14.3. The van der Waals surface area contributed by atoms with Crippen LogP contribution in [-0.2, 0) is 4.74 Å². The molecule has 0 amide bonds. The molecule has 0 radical (unpaired) electrons. The van der Waals surface area contributed by atoms with Crippen LogP contribution in [0.3, 0.4) is 0 Å². The van der Waals surface area contributed by atoms with Gasteiger partial charge < -0.3 is 10.1 Å². The third-order valence-corrected chi connectivity index (χ3v) is 3.56. The molecule has 0 aliphatic carbocycles. The van der Waals surface area contributed by atoms with Crippen molar-refractivity contribution in [2.24, 2.45) is 0 Å². The van der Waals surface area contributed by atoms with E-state index in [0.717, 1.165) is 13.0 Å². The molecule has 2 nitrogen and oxygen atoms in total. The predicted molar refractivity (Wildman–Crippen MR) is 82.4 cm³/mol. The molecular weight excluding hydrogens is 234 g/mol. The topological polar surface area (TPSA) is 21.3 Å². The van der Waals surface area contributed by atoms with Crippen LogP contribution in [0.25, 0.3) is 0 Å². The van der Waals surface area contributed by atoms with Gasteiger partial charge in [0.15, 0.2) is 0 Å². The summed E-state index contributed by atoms with van der Waals surface area (Å²) in [4.78, 5) is 0. The first-order valence-electron chi connectivity index (χ1n) is 7.52. The third kappa shape index (κ3) is 5.33. The highest BCUT2D eigenvalue weighted by atomic mass is 16.5. The van der Waals surface area contributed by atoms with E-state index in [1.54, 1.807) is 0 Å². The van der Waals surface area contributed by atoms with Gasteiger partial charge in [0.25, 0.3) is 0 Å². The van der Waals surface area contributed by atoms with Crippen LogP contribution < -0.4 is 5.32 Å². The summed E-state index contributed by atoms with van der Waals surface area (Å²) in [6, 6.07) is 11.5. The molecule has 2 atom stereocenters. The van der Waals surface area contributed by atoms with Crippen molar-refractivity contribution in [1.29, 1.82) is 0 Å². The molecule has 1 aliphatic heterocycles. The second-order valence-electron chi connectivity index (χ2n) is 5.61. The molecule has 0 bridgehead atoms. The summed E-state index contributed by atoms with van der Waals surface area (Å²) in [5, 5.41) is 3.65. The average molecular weight is 263 g/mol. The van der Waals surface area contributed by atoms with Gasteiger partial charge in [-0.15, -0.1) is 0 Å². The average Bonchev–Trinajstić information content (AvgIpc) is 2.44. The fourth-order valence-electron chi connectivity index (χ4n) is 2.33. The van der Waals surface area contributed by atoms with Crippen molar-refractivity contribution < 1.29 is 4.74 Å². The van der Waals surface area contributed by atoms with Crippen molar-refractivity contribution in [1.82, 2.24) is 5.32 Å². The molecule has 1 aromatic carbocycles. The molecule has 1 aliphatic rings. The van der Waals surface area contributed by atoms with E-state index in [9.17, 15) is 0 Å². The van der Waals surface area contributed by atoms with Crippen LogP contribution in [0, 0.1) is 0 Å². The number of rotatable bonds is 3. The first-order chi connectivity index (χ1) is 9.07. The van der Waals surface area contributed by atoms with Crippen molar-refractivity contribution in [3.8, 4) is 0 Å². The lowest BCUT2D eigenvalue weighted by Crippen LogP contribution is -2.44. The maximum atomic E-state index is 5.85. The van der Waals surface area contributed by atoms with Crippen LogP contribution in [0.15, 0.2) is 30.3 Å². The van der Waals surface area contributed by atoms with E-state index in [0.29, 0.717) is 12.1 Å². The van der Waals surface area contributed by atoms with Gasteiger partial charge in [-0.2, -0.15) is 0 Å². The van der Waals surface area contributed by atoms with E-state index in [-0.39, 0.29) is 5.60 Å². The summed E-state index contributed by atoms with van der Waals surface area (Å²) >= 11 is 0. The second kappa shape index (κ2) is 7.66. The van der Waals surface area contributed by atoms with Gasteiger partial charge in [-0.05, 0) is 39.2 Å². The third-order valence-electron chi connectivity index (χ3n) is 3.56. The van der Waals surface area contributed by atoms with Crippen LogP contribution in [0.4, 0.5) is 0 Å². The molecule has 1 saturated heterocycles. The van der Waals surface area contributed by atoms with Crippen molar-refractivity contribution in [2.75, 3.05) is 6.61 Å². The standard InChI is InChI=1S/C15H23NO.C2H6/c1-12(13-7-5-4-6-8-13)16-14-9-10-15(2,3)17-11-14;1-2/h4-8,12,14,16H,9-11H2,1-3H3;1-2H3. The minimum atomic E-state index is 0.0637. The lowest BCUT2D eigenvalue weighted by Gasteiger charge is -2.36. The summed E-state index contributed by atoms with van der Waals surface area (Å²) in [5.41, 5.74) is 1.41. The summed E-state index contributed by atoms with van der Waals surface area (Å²) in [6.07, 6.45) is 2.33. The molecule has 1 aromatic rings. The Hall–Kier alpha value is -0.860. The lowest BCUT2D eigenvalue weighted by molar-refractivity contribution is -0.0666. The SMILES string of the molecule is CC.CC(NC1CCC(C)(C)OC1)c1ccccc1. The maximum Gasteiger partial charge on any atom is 0.0627 e. The van der Waals surface area contributed by atoms with Crippen molar-refractivity contribution in [3.05, 3.63) is 35.9 Å². The van der Waals surface area contributed by atoms with Gasteiger partial charge >= 0.3 is 0 Å². The highest BCUT2D eigenvalue weighted by molar-refractivity contribution is 5.18. The van der Waals surface area contributed by atoms with Crippen LogP contribution in [-0.4, -0.2) is 18.2 Å². The van der Waals surface area contributed by atoms with Crippen LogP contribution in [0.2, 0.25) is 0 Å². The summed E-state index contributed by atoms with van der Waals surface area (Å²) < 4.78 is 5.85. The van der Waals surface area contributed by atoms with E-state index in [1.165, 1.54) is 12.0 Å². The molecule has 19 heavy (non-hydrogen) atoms. The highest BCUT2D eigenvalue weighted by Gasteiger charge is 2.28. The Morgan fingerprint density at radius 1 is 1.21 bits per heavy atom. The van der Waals surface area contributed by atoms with Crippen molar-refractivity contribution in [2.45, 2.75) is 65.1 Å². The van der Waals surface area contributed by atoms with Gasteiger partial charge in [0.2, 0.25) is 0 Å². The van der Waals surface area contributed by atoms with Crippen LogP contribution in [0.1, 0.15) is 59.1 Å². The molecule has 2 heteroatoms. The van der Waals surface area contributed by atoms with Gasteiger partial charge in [0.05, 0.1) is 12.2 Å². The molecule has 1 N–H and O–H groups in total. The number of ether oxygens (including phenoxy) is 1. The zero-order valence-corrected chi connectivity index (χ0v) is 13.1. The molecule has 108 valence electrons. The minimum absolute atomic E-state index is 0.0637. The van der Waals surface area contributed by atoms with E-state index in [4.69, 9.17) is 4.74 Å². The maximum absolute atomic E-state index is 5.85. The fraction of sp³-hybridized carbons (Fsp3) is 0.647. The molecule has 0 aromatic heterocycles. The lowest BCUT2D eigenvalue weighted by atomic mass is 9.95. The molecule has 2 rings (SSSR count). The van der Waals surface area contributed by atoms with Crippen molar-refractivity contribution in [3.63, 3.8) is 0 Å². The zero-order valence-electron chi connectivity index (χ0n) is 13.1. The second-order valence-corrected chi connectivity index (χ2v) is 5.61. The van der Waals surface area contributed by atoms with Gasteiger partial charge in [-0.3, -0.25) is 0 Å². The van der Waals surface area contributed by atoms with Crippen LogP contribution in [0.5, 0.6) is 0 Å². The Balaban J connectivity index is 0.000000861. The highest BCUT2D eigenvalue weighted by Crippen LogP contribution is 2.25. The minimum Gasteiger partial charge on any atom is -0.374 e. The molecule has 0 saturated carbocycles. The summed E-state index contributed by atoms with van der Waals surface area (Å²) in [7, 11) is 0. The molecule has 1 fully saturated rings. The quantitative estimate of drug-likeness (QED) is 0.877. The first kappa shape index (κ1) is 16.2. The summed E-state index contributed by atoms with van der Waals surface area (Å²) in [6.45, 7) is 11.4. The molecular formula is C17H29NO. The van der Waals surface area contributed by atoms with Gasteiger partial charge in [-0.25, -0.2) is 0 Å². The first-order valence-corrected chi connectivity index (χ1v) is 7.52. The Bertz CT molecular complexity index is 338. The van der Waals surface area contributed by atoms with E-state index >= 15 is 0 Å².